The normalized spacial score (nSPS) is 14.4. The lowest BCUT2D eigenvalue weighted by Gasteiger charge is -2.29. The minimum atomic E-state index is -2.54. The summed E-state index contributed by atoms with van der Waals surface area (Å²) >= 11 is 9.17. The topological polar surface area (TPSA) is 27.7 Å². The van der Waals surface area contributed by atoms with Gasteiger partial charge in [0.05, 0.1) is 0 Å². The highest BCUT2D eigenvalue weighted by atomic mass is 79.9. The van der Waals surface area contributed by atoms with Gasteiger partial charge in [0.1, 0.15) is 5.56 Å². The van der Waals surface area contributed by atoms with E-state index in [1.807, 2.05) is 13.8 Å². The van der Waals surface area contributed by atoms with Crippen molar-refractivity contribution in [2.75, 3.05) is 18.5 Å². The molecule has 3 nitrogen and oxygen atoms in total. The summed E-state index contributed by atoms with van der Waals surface area (Å²) in [5.41, 5.74) is -0.376. The molecule has 0 saturated heterocycles. The molecule has 86 valence electrons. The Bertz CT molecular complexity index is 132. The van der Waals surface area contributed by atoms with Crippen molar-refractivity contribution < 1.29 is 13.3 Å². The Kier molecular flexibility index (Phi) is 8.57. The molecule has 0 amide bonds. The van der Waals surface area contributed by atoms with Crippen LogP contribution in [0.2, 0.25) is 6.04 Å². The van der Waals surface area contributed by atoms with Crippen molar-refractivity contribution in [3.63, 3.8) is 0 Å². The van der Waals surface area contributed by atoms with E-state index in [0.717, 1.165) is 11.4 Å². The van der Waals surface area contributed by atoms with E-state index >= 15 is 0 Å². The molecule has 0 bridgehead atoms. The first-order valence-corrected chi connectivity index (χ1v) is 8.25. The van der Waals surface area contributed by atoms with Crippen LogP contribution >= 0.6 is 27.5 Å². The molecule has 0 aliphatic heterocycles. The van der Waals surface area contributed by atoms with Crippen LogP contribution in [-0.4, -0.2) is 32.9 Å². The van der Waals surface area contributed by atoms with Crippen molar-refractivity contribution >= 4 is 36.3 Å². The Labute approximate surface area is 101 Å². The molecule has 0 aliphatic carbocycles. The summed E-state index contributed by atoms with van der Waals surface area (Å²) in [6.45, 7) is 6.80. The minimum Gasteiger partial charge on any atom is -0.374 e. The van der Waals surface area contributed by atoms with Crippen LogP contribution in [0.4, 0.5) is 0 Å². The van der Waals surface area contributed by atoms with Crippen LogP contribution < -0.4 is 0 Å². The largest absolute Gasteiger partial charge is 0.502 e. The van der Waals surface area contributed by atoms with E-state index in [9.17, 15) is 0 Å². The van der Waals surface area contributed by atoms with Gasteiger partial charge in [-0.1, -0.05) is 27.5 Å². The third-order valence-electron chi connectivity index (χ3n) is 1.47. The standard InChI is InChI=1S/C8H18BrClO3Si/c1-4-11-14(7-6-9,12-5-2)13-8(3)10/h8H,4-7H2,1-3H3. The third kappa shape index (κ3) is 5.68. The van der Waals surface area contributed by atoms with Gasteiger partial charge in [0, 0.05) is 24.6 Å². The molecule has 6 heteroatoms. The molecule has 14 heavy (non-hydrogen) atoms. The Balaban J connectivity index is 4.37. The average Bonchev–Trinajstić information content (AvgIpc) is 2.03. The second kappa shape index (κ2) is 8.07. The van der Waals surface area contributed by atoms with E-state index in [1.165, 1.54) is 0 Å². The van der Waals surface area contributed by atoms with Gasteiger partial charge in [-0.3, -0.25) is 0 Å². The van der Waals surface area contributed by atoms with Gasteiger partial charge in [-0.2, -0.15) is 0 Å². The molecule has 0 rings (SSSR count). The van der Waals surface area contributed by atoms with Crippen molar-refractivity contribution in [3.05, 3.63) is 0 Å². The Morgan fingerprint density at radius 2 is 1.79 bits per heavy atom. The fraction of sp³-hybridized carbons (Fsp3) is 1.00. The first-order chi connectivity index (χ1) is 6.60. The van der Waals surface area contributed by atoms with E-state index < -0.39 is 8.80 Å². The predicted molar refractivity (Wildman–Crippen MR) is 64.0 cm³/mol. The van der Waals surface area contributed by atoms with E-state index in [4.69, 9.17) is 24.9 Å². The molecule has 1 atom stereocenters. The predicted octanol–water partition coefficient (Wildman–Crippen LogP) is 2.99. The molecule has 0 fully saturated rings. The first-order valence-electron chi connectivity index (χ1n) is 4.76. The summed E-state index contributed by atoms with van der Waals surface area (Å²) < 4.78 is 16.8. The number of rotatable bonds is 8. The number of hydrogen-bond acceptors (Lipinski definition) is 3. The molecule has 0 aromatic carbocycles. The molecule has 0 aromatic rings. The molecule has 0 aromatic heterocycles. The molecule has 0 N–H and O–H groups in total. The van der Waals surface area contributed by atoms with Gasteiger partial charge in [-0.25, -0.2) is 0 Å². The van der Waals surface area contributed by atoms with Crippen molar-refractivity contribution in [2.24, 2.45) is 0 Å². The van der Waals surface area contributed by atoms with E-state index in [0.29, 0.717) is 13.2 Å². The van der Waals surface area contributed by atoms with E-state index in [2.05, 4.69) is 15.9 Å². The summed E-state index contributed by atoms with van der Waals surface area (Å²) in [7, 11) is -2.54. The summed E-state index contributed by atoms with van der Waals surface area (Å²) in [6.07, 6.45) is 0. The fourth-order valence-corrected chi connectivity index (χ4v) is 5.21. The van der Waals surface area contributed by atoms with Gasteiger partial charge < -0.3 is 13.3 Å². The maximum atomic E-state index is 5.81. The van der Waals surface area contributed by atoms with Gasteiger partial charge >= 0.3 is 8.80 Å². The summed E-state index contributed by atoms with van der Waals surface area (Å²) in [5, 5.41) is 0.794. The van der Waals surface area contributed by atoms with Crippen LogP contribution in [0.15, 0.2) is 0 Å². The van der Waals surface area contributed by atoms with Crippen LogP contribution in [0.1, 0.15) is 20.8 Å². The molecule has 0 spiro atoms. The zero-order chi connectivity index (χ0) is 11.0. The zero-order valence-corrected chi connectivity index (χ0v) is 12.2. The van der Waals surface area contributed by atoms with Crippen molar-refractivity contribution in [1.82, 2.24) is 0 Å². The van der Waals surface area contributed by atoms with E-state index in [-0.39, 0.29) is 5.56 Å². The Hall–Kier alpha value is 0.867. The van der Waals surface area contributed by atoms with Crippen LogP contribution in [-0.2, 0) is 13.3 Å². The Morgan fingerprint density at radius 1 is 1.29 bits per heavy atom. The molecule has 0 radical (unpaired) electrons. The van der Waals surface area contributed by atoms with Gasteiger partial charge in [0.2, 0.25) is 0 Å². The van der Waals surface area contributed by atoms with Gasteiger partial charge in [0.25, 0.3) is 0 Å². The lowest BCUT2D eigenvalue weighted by molar-refractivity contribution is 0.0625. The summed E-state index contributed by atoms with van der Waals surface area (Å²) in [4.78, 5) is 0. The molecular weight excluding hydrogens is 288 g/mol. The number of alkyl halides is 2. The van der Waals surface area contributed by atoms with Crippen molar-refractivity contribution in [1.29, 1.82) is 0 Å². The molecule has 0 aliphatic rings. The quantitative estimate of drug-likeness (QED) is 0.510. The van der Waals surface area contributed by atoms with Crippen LogP contribution in [0, 0.1) is 0 Å². The highest BCUT2D eigenvalue weighted by Crippen LogP contribution is 2.20. The Morgan fingerprint density at radius 3 is 2.07 bits per heavy atom. The average molecular weight is 306 g/mol. The van der Waals surface area contributed by atoms with Crippen LogP contribution in [0.25, 0.3) is 0 Å². The van der Waals surface area contributed by atoms with Crippen molar-refractivity contribution in [2.45, 2.75) is 32.4 Å². The number of hydrogen-bond donors (Lipinski definition) is 0. The lowest BCUT2D eigenvalue weighted by atomic mass is 10.9. The highest BCUT2D eigenvalue weighted by Gasteiger charge is 2.41. The molecule has 0 saturated carbocycles. The second-order valence-electron chi connectivity index (χ2n) is 2.65. The van der Waals surface area contributed by atoms with E-state index in [1.54, 1.807) is 6.92 Å². The highest BCUT2D eigenvalue weighted by molar-refractivity contribution is 9.09. The number of halogens is 2. The zero-order valence-electron chi connectivity index (χ0n) is 8.89. The van der Waals surface area contributed by atoms with Gasteiger partial charge in [0.15, 0.2) is 0 Å². The summed E-state index contributed by atoms with van der Waals surface area (Å²) in [6, 6.07) is 0.742. The van der Waals surface area contributed by atoms with Crippen LogP contribution in [0.5, 0.6) is 0 Å². The minimum absolute atomic E-state index is 0.376. The molecular formula is C8H18BrClO3Si. The van der Waals surface area contributed by atoms with Crippen LogP contribution in [0.3, 0.4) is 0 Å². The monoisotopic (exact) mass is 304 g/mol. The van der Waals surface area contributed by atoms with Crippen molar-refractivity contribution in [3.8, 4) is 0 Å². The smallest absolute Gasteiger partial charge is 0.374 e. The molecule has 1 unspecified atom stereocenters. The second-order valence-corrected chi connectivity index (χ2v) is 6.74. The molecule has 0 heterocycles. The first kappa shape index (κ1) is 14.9. The van der Waals surface area contributed by atoms with Gasteiger partial charge in [-0.15, -0.1) is 0 Å². The maximum Gasteiger partial charge on any atom is 0.502 e. The fourth-order valence-electron chi connectivity index (χ4n) is 1.12. The maximum absolute atomic E-state index is 5.81. The third-order valence-corrected chi connectivity index (χ3v) is 5.87. The van der Waals surface area contributed by atoms with Gasteiger partial charge in [-0.05, 0) is 20.8 Å². The lowest BCUT2D eigenvalue weighted by Crippen LogP contribution is -2.47. The summed E-state index contributed by atoms with van der Waals surface area (Å²) in [5.74, 6) is 0. The SMILES string of the molecule is CCO[Si](CCBr)(OCC)OC(C)Cl.